The van der Waals surface area contributed by atoms with E-state index >= 15 is 0 Å². The molecule has 0 unspecified atom stereocenters. The summed E-state index contributed by atoms with van der Waals surface area (Å²) in [5.41, 5.74) is -0.00954. The summed E-state index contributed by atoms with van der Waals surface area (Å²) in [5.74, 6) is 0.579. The number of nitrogens with zero attached hydrogens (tertiary/aromatic N) is 1. The van der Waals surface area contributed by atoms with Crippen LogP contribution in [0, 0.1) is 6.92 Å². The molecular weight excluding hydrogens is 340 g/mol. The average Bonchev–Trinajstić information content (AvgIpc) is 2.41. The van der Waals surface area contributed by atoms with E-state index in [1.165, 1.54) is 18.9 Å². The molecule has 1 aromatic heterocycles. The number of carbonyl (C=O) groups excluding carboxylic acids is 2. The fourth-order valence-corrected chi connectivity index (χ4v) is 2.77. The number of nitrogens with one attached hydrogen (secondary N) is 1. The molecule has 1 N–H and O–H groups in total. The lowest BCUT2D eigenvalue weighted by Gasteiger charge is -2.19. The van der Waals surface area contributed by atoms with Crippen LogP contribution in [0.1, 0.15) is 32.9 Å². The first-order valence-electron chi connectivity index (χ1n) is 6.99. The minimum Gasteiger partial charge on any atom is -0.469 e. The van der Waals surface area contributed by atoms with Gasteiger partial charge in [0.1, 0.15) is 11.4 Å². The molecule has 23 heavy (non-hydrogen) atoms. The van der Waals surface area contributed by atoms with Gasteiger partial charge in [-0.05, 0) is 33.8 Å². The number of esters is 1. The third-order valence-corrected chi connectivity index (χ3v) is 4.14. The van der Waals surface area contributed by atoms with Gasteiger partial charge in [0.15, 0.2) is 0 Å². The lowest BCUT2D eigenvalue weighted by molar-refractivity contribution is -0.140. The number of anilines is 1. The molecule has 8 heteroatoms. The summed E-state index contributed by atoms with van der Waals surface area (Å²) in [6.07, 6.45) is -0.314. The van der Waals surface area contributed by atoms with E-state index in [0.29, 0.717) is 22.3 Å². The Morgan fingerprint density at radius 3 is 2.61 bits per heavy atom. The van der Waals surface area contributed by atoms with Crippen LogP contribution in [0.4, 0.5) is 10.6 Å². The van der Waals surface area contributed by atoms with Crippen molar-refractivity contribution in [2.24, 2.45) is 0 Å². The summed E-state index contributed by atoms with van der Waals surface area (Å²) in [6.45, 7) is 7.08. The van der Waals surface area contributed by atoms with E-state index in [-0.39, 0.29) is 12.4 Å². The highest BCUT2D eigenvalue weighted by Gasteiger charge is 2.18. The molecule has 0 fully saturated rings. The van der Waals surface area contributed by atoms with Crippen molar-refractivity contribution in [3.63, 3.8) is 0 Å². The lowest BCUT2D eigenvalue weighted by atomic mass is 10.2. The number of aromatic nitrogens is 1. The molecule has 128 valence electrons. The minimum atomic E-state index is -0.594. The maximum Gasteiger partial charge on any atom is 0.413 e. The van der Waals surface area contributed by atoms with Gasteiger partial charge in [0.25, 0.3) is 0 Å². The molecule has 1 aromatic rings. The van der Waals surface area contributed by atoms with Crippen molar-refractivity contribution in [2.45, 2.75) is 44.6 Å². The molecule has 1 amide bonds. The second-order valence-electron chi connectivity index (χ2n) is 5.71. The lowest BCUT2D eigenvalue weighted by Crippen LogP contribution is -2.27. The summed E-state index contributed by atoms with van der Waals surface area (Å²) < 4.78 is 9.78. The molecule has 6 nitrogen and oxygen atoms in total. The van der Waals surface area contributed by atoms with Crippen molar-refractivity contribution in [2.75, 3.05) is 18.2 Å². The van der Waals surface area contributed by atoms with Gasteiger partial charge in [0, 0.05) is 10.6 Å². The molecule has 0 atom stereocenters. The van der Waals surface area contributed by atoms with Crippen LogP contribution in [-0.4, -0.2) is 35.5 Å². The summed E-state index contributed by atoms with van der Waals surface area (Å²) in [5, 5.41) is 3.08. The zero-order valence-electron chi connectivity index (χ0n) is 13.9. The maximum absolute atomic E-state index is 11.8. The number of halogens is 1. The molecule has 0 aliphatic rings. The van der Waals surface area contributed by atoms with Gasteiger partial charge in [-0.15, -0.1) is 11.8 Å². The molecule has 1 rings (SSSR count). The number of hydrogen-bond donors (Lipinski definition) is 1. The fraction of sp³-hybridized carbons (Fsp3) is 0.533. The van der Waals surface area contributed by atoms with Crippen molar-refractivity contribution < 1.29 is 19.1 Å². The van der Waals surface area contributed by atoms with Crippen LogP contribution < -0.4 is 5.32 Å². The Labute approximate surface area is 145 Å². The van der Waals surface area contributed by atoms with E-state index in [9.17, 15) is 9.59 Å². The van der Waals surface area contributed by atoms with E-state index in [1.54, 1.807) is 33.8 Å². The first-order valence-corrected chi connectivity index (χ1v) is 8.35. The summed E-state index contributed by atoms with van der Waals surface area (Å²) >= 11 is 7.61. The zero-order chi connectivity index (χ0) is 17.6. The Morgan fingerprint density at radius 2 is 2.04 bits per heavy atom. The average molecular weight is 361 g/mol. The summed E-state index contributed by atoms with van der Waals surface area (Å²) in [4.78, 5) is 27.9. The number of amides is 1. The molecule has 0 aliphatic heterocycles. The molecule has 1 heterocycles. The molecule has 0 aliphatic carbocycles. The van der Waals surface area contributed by atoms with Gasteiger partial charge in [-0.1, -0.05) is 11.6 Å². The second kappa shape index (κ2) is 8.40. The molecule has 0 saturated carbocycles. The number of rotatable bonds is 5. The van der Waals surface area contributed by atoms with E-state index in [4.69, 9.17) is 16.3 Å². The first-order chi connectivity index (χ1) is 10.6. The van der Waals surface area contributed by atoms with Gasteiger partial charge in [0.2, 0.25) is 0 Å². The highest BCUT2D eigenvalue weighted by molar-refractivity contribution is 7.99. The van der Waals surface area contributed by atoms with Crippen LogP contribution in [0.25, 0.3) is 0 Å². The Kier molecular flexibility index (Phi) is 7.15. The highest BCUT2D eigenvalue weighted by Crippen LogP contribution is 2.31. The number of aryl methyl sites for hydroxylation is 1. The molecule has 0 aromatic carbocycles. The number of hydrogen-bond acceptors (Lipinski definition) is 6. The minimum absolute atomic E-state index is 0.272. The largest absolute Gasteiger partial charge is 0.469 e. The normalized spacial score (nSPS) is 11.0. The Morgan fingerprint density at radius 1 is 1.39 bits per heavy atom. The van der Waals surface area contributed by atoms with E-state index in [2.05, 4.69) is 15.0 Å². The van der Waals surface area contributed by atoms with Crippen LogP contribution in [0.3, 0.4) is 0 Å². The quantitative estimate of drug-likeness (QED) is 0.630. The number of thioether (sulfide) groups is 1. The molecule has 0 bridgehead atoms. The summed E-state index contributed by atoms with van der Waals surface area (Å²) in [7, 11) is 1.35. The van der Waals surface area contributed by atoms with Gasteiger partial charge in [-0.2, -0.15) is 0 Å². The predicted molar refractivity (Wildman–Crippen MR) is 91.2 cm³/mol. The van der Waals surface area contributed by atoms with Gasteiger partial charge in [-0.3, -0.25) is 10.1 Å². The number of pyridine rings is 1. The van der Waals surface area contributed by atoms with Crippen LogP contribution in [0.2, 0.25) is 5.02 Å². The number of carbonyl (C=O) groups is 2. The van der Waals surface area contributed by atoms with Gasteiger partial charge < -0.3 is 9.47 Å². The maximum atomic E-state index is 11.8. The van der Waals surface area contributed by atoms with Crippen LogP contribution in [0.5, 0.6) is 0 Å². The molecular formula is C15H21ClN2O4S. The number of ether oxygens (including phenoxy) is 2. The van der Waals surface area contributed by atoms with E-state index in [1.807, 2.05) is 0 Å². The topological polar surface area (TPSA) is 77.5 Å². The van der Waals surface area contributed by atoms with Gasteiger partial charge in [-0.25, -0.2) is 9.78 Å². The third-order valence-electron chi connectivity index (χ3n) is 2.51. The fourth-order valence-electron chi connectivity index (χ4n) is 1.55. The van der Waals surface area contributed by atoms with Crippen molar-refractivity contribution in [1.29, 1.82) is 0 Å². The van der Waals surface area contributed by atoms with Crippen molar-refractivity contribution >= 4 is 41.2 Å². The summed E-state index contributed by atoms with van der Waals surface area (Å²) in [6, 6.07) is 1.65. The van der Waals surface area contributed by atoms with E-state index in [0.717, 1.165) is 4.90 Å². The SMILES string of the molecule is COC(=O)CCSc1cc(NC(=O)OC(C)(C)C)nc(C)c1Cl. The van der Waals surface area contributed by atoms with Gasteiger partial charge in [0.05, 0.1) is 24.2 Å². The van der Waals surface area contributed by atoms with Crippen LogP contribution in [-0.2, 0) is 14.3 Å². The van der Waals surface area contributed by atoms with Crippen molar-refractivity contribution in [3.05, 3.63) is 16.8 Å². The highest BCUT2D eigenvalue weighted by atomic mass is 35.5. The van der Waals surface area contributed by atoms with Crippen molar-refractivity contribution in [1.82, 2.24) is 4.98 Å². The zero-order valence-corrected chi connectivity index (χ0v) is 15.4. The second-order valence-corrected chi connectivity index (χ2v) is 7.22. The Bertz CT molecular complexity index is 588. The Balaban J connectivity index is 2.79. The van der Waals surface area contributed by atoms with E-state index < -0.39 is 11.7 Å². The van der Waals surface area contributed by atoms with Crippen LogP contribution >= 0.6 is 23.4 Å². The Hall–Kier alpha value is -1.47. The van der Waals surface area contributed by atoms with Gasteiger partial charge >= 0.3 is 12.1 Å². The number of methoxy groups -OCH3 is 1. The van der Waals surface area contributed by atoms with Crippen LogP contribution in [0.15, 0.2) is 11.0 Å². The monoisotopic (exact) mass is 360 g/mol. The predicted octanol–water partition coefficient (Wildman–Crippen LogP) is 4.05. The third kappa shape index (κ3) is 7.09. The first kappa shape index (κ1) is 19.6. The molecule has 0 radical (unpaired) electrons. The van der Waals surface area contributed by atoms with Crippen molar-refractivity contribution in [3.8, 4) is 0 Å². The smallest absolute Gasteiger partial charge is 0.413 e. The molecule has 0 saturated heterocycles. The standard InChI is InChI=1S/C15H21ClN2O4S/c1-9-13(16)10(23-7-6-12(19)21-5)8-11(17-9)18-14(20)22-15(2,3)4/h8H,6-7H2,1-5H3,(H,17,18,20). The molecule has 0 spiro atoms.